The molecule has 8 aliphatic rings. The fraction of sp³-hybridized carbons (Fsp3) is 0.771. The number of aliphatic hydroxyl groups excluding tert-OH is 1. The van der Waals surface area contributed by atoms with E-state index < -0.39 is 124 Å². The summed E-state index contributed by atoms with van der Waals surface area (Å²) in [6.07, 6.45) is -3.94. The smallest absolute Gasteiger partial charge is 0.366 e. The normalized spacial score (nSPS) is 53.9. The highest BCUT2D eigenvalue weighted by Gasteiger charge is 2.96. The molecule has 0 radical (unpaired) electrons. The molecule has 0 aromatic carbocycles. The van der Waals surface area contributed by atoms with E-state index in [0.717, 1.165) is 7.11 Å². The molecule has 4 saturated heterocycles. The van der Waals surface area contributed by atoms with Gasteiger partial charge < -0.3 is 58.0 Å². The summed E-state index contributed by atoms with van der Waals surface area (Å²) in [5.74, 6) is -9.30. The molecule has 7 fully saturated rings. The maximum Gasteiger partial charge on any atom is 0.366 e. The number of carbonyl (C=O) groups excluding carboxylic acids is 4. The Kier molecular flexibility index (Phi) is 7.20. The number of allylic oxidation sites excluding steroid dienone is 1. The summed E-state index contributed by atoms with van der Waals surface area (Å²) in [6, 6.07) is 0. The number of ether oxygens (including phenoxy) is 9. The van der Waals surface area contributed by atoms with Crippen LogP contribution in [0.2, 0.25) is 0 Å². The molecule has 5 aliphatic heterocycles. The second-order valence-electron chi connectivity index (χ2n) is 15.8. The van der Waals surface area contributed by atoms with Crippen molar-refractivity contribution in [1.82, 2.24) is 0 Å². The van der Waals surface area contributed by atoms with Gasteiger partial charge in [0.2, 0.25) is 6.29 Å². The number of methoxy groups -OCH3 is 2. The second kappa shape index (κ2) is 10.5. The maximum atomic E-state index is 14.4. The molecule has 16 heteroatoms. The third-order valence-electron chi connectivity index (χ3n) is 14.2. The van der Waals surface area contributed by atoms with E-state index in [1.807, 2.05) is 0 Å². The molecule has 16 nitrogen and oxygen atoms in total. The highest BCUT2D eigenvalue weighted by molar-refractivity contribution is 5.88. The quantitative estimate of drug-likeness (QED) is 0.191. The van der Waals surface area contributed by atoms with E-state index in [1.165, 1.54) is 33.3 Å². The van der Waals surface area contributed by atoms with Gasteiger partial charge in [0.05, 0.1) is 57.4 Å². The molecule has 3 saturated carbocycles. The predicted octanol–water partition coefficient (Wildman–Crippen LogP) is -0.203. The monoisotopic (exact) mass is 720 g/mol. The molecule has 8 rings (SSSR count). The fourth-order valence-corrected chi connectivity index (χ4v) is 12.2. The highest BCUT2D eigenvalue weighted by atomic mass is 16.8. The van der Waals surface area contributed by atoms with E-state index in [1.54, 1.807) is 26.8 Å². The van der Waals surface area contributed by atoms with Crippen LogP contribution < -0.4 is 0 Å². The van der Waals surface area contributed by atoms with Crippen LogP contribution >= 0.6 is 0 Å². The lowest BCUT2D eigenvalue weighted by Gasteiger charge is -2.71. The van der Waals surface area contributed by atoms with Crippen molar-refractivity contribution in [3.05, 3.63) is 24.0 Å². The van der Waals surface area contributed by atoms with Crippen LogP contribution in [0.5, 0.6) is 0 Å². The number of aliphatic hydroxyl groups is 3. The molecule has 16 unspecified atom stereocenters. The largest absolute Gasteiger partial charge is 0.469 e. The van der Waals surface area contributed by atoms with Crippen LogP contribution in [0.4, 0.5) is 0 Å². The van der Waals surface area contributed by atoms with E-state index in [2.05, 4.69) is 0 Å². The van der Waals surface area contributed by atoms with Crippen molar-refractivity contribution in [3.8, 4) is 0 Å². The third kappa shape index (κ3) is 3.56. The van der Waals surface area contributed by atoms with Gasteiger partial charge in [0.1, 0.15) is 28.8 Å². The van der Waals surface area contributed by atoms with Crippen molar-refractivity contribution in [2.24, 2.45) is 34.0 Å². The summed E-state index contributed by atoms with van der Waals surface area (Å²) >= 11 is 0. The molecular formula is C35H44O16. The Hall–Kier alpha value is -3.12. The number of carbonyl (C=O) groups is 4. The molecular weight excluding hydrogens is 676 g/mol. The van der Waals surface area contributed by atoms with Crippen molar-refractivity contribution >= 4 is 23.9 Å². The van der Waals surface area contributed by atoms with Gasteiger partial charge in [-0.2, -0.15) is 0 Å². The second-order valence-corrected chi connectivity index (χ2v) is 15.8. The van der Waals surface area contributed by atoms with E-state index in [4.69, 9.17) is 42.6 Å². The minimum Gasteiger partial charge on any atom is -0.469 e. The van der Waals surface area contributed by atoms with Crippen molar-refractivity contribution < 1.29 is 77.1 Å². The summed E-state index contributed by atoms with van der Waals surface area (Å²) in [4.78, 5) is 54.8. The van der Waals surface area contributed by atoms with Gasteiger partial charge in [-0.25, -0.2) is 9.59 Å². The van der Waals surface area contributed by atoms with Crippen LogP contribution in [0.25, 0.3) is 0 Å². The van der Waals surface area contributed by atoms with E-state index in [9.17, 15) is 34.5 Å². The van der Waals surface area contributed by atoms with Crippen molar-refractivity contribution in [3.63, 3.8) is 0 Å². The first-order valence-corrected chi connectivity index (χ1v) is 17.2. The topological polar surface area (TPSA) is 212 Å². The lowest BCUT2D eigenvalue weighted by Crippen LogP contribution is -2.86. The minimum absolute atomic E-state index is 0.0251. The van der Waals surface area contributed by atoms with E-state index in [0.29, 0.717) is 0 Å². The Morgan fingerprint density at radius 1 is 0.961 bits per heavy atom. The molecule has 4 bridgehead atoms. The van der Waals surface area contributed by atoms with Gasteiger partial charge in [-0.15, -0.1) is 0 Å². The van der Waals surface area contributed by atoms with Crippen molar-refractivity contribution in [2.75, 3.05) is 27.4 Å². The number of hydrogen-bond acceptors (Lipinski definition) is 16. The zero-order chi connectivity index (χ0) is 36.9. The summed E-state index contributed by atoms with van der Waals surface area (Å²) in [7, 11) is 2.30. The van der Waals surface area contributed by atoms with E-state index >= 15 is 0 Å². The van der Waals surface area contributed by atoms with Gasteiger partial charge in [-0.05, 0) is 33.3 Å². The molecule has 16 atom stereocenters. The van der Waals surface area contributed by atoms with Gasteiger partial charge in [-0.3, -0.25) is 9.59 Å². The lowest BCUT2D eigenvalue weighted by molar-refractivity contribution is -0.410. The summed E-state index contributed by atoms with van der Waals surface area (Å²) in [5, 5.41) is 38.5. The van der Waals surface area contributed by atoms with Crippen LogP contribution in [0.3, 0.4) is 0 Å². The molecule has 51 heavy (non-hydrogen) atoms. The predicted molar refractivity (Wildman–Crippen MR) is 164 cm³/mol. The van der Waals surface area contributed by atoms with Crippen LogP contribution in [-0.4, -0.2) is 126 Å². The molecule has 3 N–H and O–H groups in total. The van der Waals surface area contributed by atoms with Gasteiger partial charge in [0.25, 0.3) is 5.79 Å². The van der Waals surface area contributed by atoms with Gasteiger partial charge >= 0.3 is 23.9 Å². The molecule has 3 aliphatic carbocycles. The molecule has 280 valence electrons. The standard InChI is InChI=1S/C35H44O16/c1-8-15(2)24(38)49-18-12-19(48-16(3)36)31(26(39)43-6)13-46-21-22(31)29(18,4)25-32(23(21)37)14-47-34(25,27(40)44-7)51-30(5)17-11-20(35(30,32)42)50-28-33(17,41)9-10-45-28/h8-10,17-23,25,28,37,41-42H,11-14H2,1-7H3/b15-8-. The minimum atomic E-state index is -2.41. The van der Waals surface area contributed by atoms with E-state index in [-0.39, 0.29) is 25.0 Å². The molecule has 0 amide bonds. The molecule has 0 aromatic rings. The first kappa shape index (κ1) is 34.9. The number of esters is 4. The Balaban J connectivity index is 1.42. The summed E-state index contributed by atoms with van der Waals surface area (Å²) in [6.45, 7) is 6.71. The number of rotatable bonds is 5. The first-order valence-electron chi connectivity index (χ1n) is 17.2. The fourth-order valence-electron chi connectivity index (χ4n) is 12.2. The highest BCUT2D eigenvalue weighted by Crippen LogP contribution is 2.81. The third-order valence-corrected chi connectivity index (χ3v) is 14.2. The summed E-state index contributed by atoms with van der Waals surface area (Å²) < 4.78 is 54.5. The summed E-state index contributed by atoms with van der Waals surface area (Å²) in [5.41, 5.74) is -11.0. The van der Waals surface area contributed by atoms with Gasteiger partial charge in [0, 0.05) is 42.1 Å². The average Bonchev–Trinajstić information content (AvgIpc) is 3.83. The number of hydrogen-bond donors (Lipinski definition) is 3. The zero-order valence-electron chi connectivity index (χ0n) is 29.4. The van der Waals surface area contributed by atoms with Crippen LogP contribution in [0.15, 0.2) is 24.0 Å². The zero-order valence-corrected chi connectivity index (χ0v) is 29.4. The van der Waals surface area contributed by atoms with Gasteiger partial charge in [-0.1, -0.05) is 13.0 Å². The Morgan fingerprint density at radius 2 is 1.67 bits per heavy atom. The van der Waals surface area contributed by atoms with Crippen LogP contribution in [0.1, 0.15) is 47.5 Å². The Labute approximate surface area is 293 Å². The maximum absolute atomic E-state index is 14.4. The van der Waals surface area contributed by atoms with Crippen LogP contribution in [0, 0.1) is 34.0 Å². The number of fused-ring (bicyclic) bond motifs is 7. The Bertz CT molecular complexity index is 1660. The van der Waals surface area contributed by atoms with Gasteiger partial charge in [0.15, 0.2) is 5.60 Å². The SMILES string of the molecule is C/C=C(/C)C(=O)OC1CC(OC(C)=O)C2(C(=O)OC)COC3C2C1(C)C1C2(C(=O)OC)OCC1(C3O)C1(O)C3CC(C4(O)C=COC4O3)C1(C)O2. The lowest BCUT2D eigenvalue weighted by atomic mass is 9.35. The van der Waals surface area contributed by atoms with Crippen molar-refractivity contribution in [2.45, 2.75) is 107 Å². The van der Waals surface area contributed by atoms with Crippen LogP contribution in [-0.2, 0) is 61.8 Å². The molecule has 0 spiro atoms. The Morgan fingerprint density at radius 3 is 2.31 bits per heavy atom. The molecule has 0 aromatic heterocycles. The average molecular weight is 721 g/mol. The van der Waals surface area contributed by atoms with Crippen molar-refractivity contribution in [1.29, 1.82) is 0 Å². The molecule has 5 heterocycles. The first-order chi connectivity index (χ1) is 23.9.